The van der Waals surface area contributed by atoms with Crippen molar-refractivity contribution in [1.82, 2.24) is 0 Å². The van der Waals surface area contributed by atoms with E-state index in [1.807, 2.05) is 0 Å². The summed E-state index contributed by atoms with van der Waals surface area (Å²) in [5, 5.41) is 0. The number of sulfonamides is 1. The Hall–Kier alpha value is -1.24. The van der Waals surface area contributed by atoms with Crippen LogP contribution in [-0.2, 0) is 10.0 Å². The van der Waals surface area contributed by atoms with Gasteiger partial charge in [-0.25, -0.2) is 8.42 Å². The Morgan fingerprint density at radius 2 is 1.84 bits per heavy atom. The number of anilines is 2. The summed E-state index contributed by atoms with van der Waals surface area (Å²) in [4.78, 5) is 0. The second-order valence-electron chi connectivity index (χ2n) is 3.82. The molecule has 0 saturated heterocycles. The largest absolute Gasteiger partial charge is 0.399 e. The minimum absolute atomic E-state index is 0.233. The molecule has 2 aromatic rings. The first-order chi connectivity index (χ1) is 8.95. The monoisotopic (exact) mass is 316 g/mol. The Labute approximate surface area is 121 Å². The van der Waals surface area contributed by atoms with E-state index in [0.29, 0.717) is 22.3 Å². The maximum Gasteiger partial charge on any atom is 0.273 e. The summed E-state index contributed by atoms with van der Waals surface area (Å²) in [6, 6.07) is 9.82. The summed E-state index contributed by atoms with van der Waals surface area (Å²) < 4.78 is 27.0. The van der Waals surface area contributed by atoms with Gasteiger partial charge >= 0.3 is 0 Å². The lowest BCUT2D eigenvalue weighted by Crippen LogP contribution is -2.30. The average Bonchev–Trinajstić information content (AvgIpc) is 2.80. The summed E-state index contributed by atoms with van der Waals surface area (Å²) >= 11 is 6.85. The Kier molecular flexibility index (Phi) is 4.03. The molecule has 2 N–H and O–H groups in total. The van der Waals surface area contributed by atoms with E-state index in [9.17, 15) is 8.42 Å². The number of benzene rings is 1. The van der Waals surface area contributed by atoms with Crippen molar-refractivity contribution < 1.29 is 8.42 Å². The van der Waals surface area contributed by atoms with Crippen LogP contribution in [0.2, 0.25) is 4.34 Å². The molecule has 7 heteroatoms. The van der Waals surface area contributed by atoms with E-state index in [1.54, 1.807) is 37.3 Å². The summed E-state index contributed by atoms with van der Waals surface area (Å²) in [6.07, 6.45) is 0. The van der Waals surface area contributed by atoms with Crippen molar-refractivity contribution in [2.24, 2.45) is 0 Å². The molecule has 0 amide bonds. The first kappa shape index (κ1) is 14.2. The molecule has 1 aromatic heterocycles. The Morgan fingerprint density at radius 3 is 2.32 bits per heavy atom. The number of nitrogens with two attached hydrogens (primary N) is 1. The topological polar surface area (TPSA) is 63.4 Å². The van der Waals surface area contributed by atoms with Gasteiger partial charge in [-0.3, -0.25) is 4.31 Å². The van der Waals surface area contributed by atoms with Crippen LogP contribution in [0.4, 0.5) is 11.4 Å². The van der Waals surface area contributed by atoms with Crippen LogP contribution in [0.1, 0.15) is 6.92 Å². The predicted octanol–water partition coefficient (Wildman–Crippen LogP) is 3.20. The summed E-state index contributed by atoms with van der Waals surface area (Å²) in [7, 11) is -3.57. The second kappa shape index (κ2) is 5.40. The highest BCUT2D eigenvalue weighted by Gasteiger charge is 2.25. The molecule has 102 valence electrons. The van der Waals surface area contributed by atoms with Gasteiger partial charge in [-0.1, -0.05) is 11.6 Å². The van der Waals surface area contributed by atoms with Gasteiger partial charge in [0, 0.05) is 12.2 Å². The third-order valence-electron chi connectivity index (χ3n) is 2.56. The fraction of sp³-hybridized carbons (Fsp3) is 0.167. The molecule has 19 heavy (non-hydrogen) atoms. The van der Waals surface area contributed by atoms with Gasteiger partial charge in [0.1, 0.15) is 4.21 Å². The lowest BCUT2D eigenvalue weighted by atomic mass is 10.3. The highest BCUT2D eigenvalue weighted by atomic mass is 35.5. The van der Waals surface area contributed by atoms with Crippen LogP contribution in [-0.4, -0.2) is 15.0 Å². The fourth-order valence-corrected chi connectivity index (χ4v) is 4.75. The molecular weight excluding hydrogens is 304 g/mol. The normalized spacial score (nSPS) is 11.5. The number of nitrogens with zero attached hydrogens (tertiary/aromatic N) is 1. The first-order valence-corrected chi connectivity index (χ1v) is 8.22. The molecule has 0 aliphatic rings. The minimum atomic E-state index is -3.57. The molecule has 0 bridgehead atoms. The van der Waals surface area contributed by atoms with E-state index < -0.39 is 10.0 Å². The van der Waals surface area contributed by atoms with Gasteiger partial charge in [0.25, 0.3) is 10.0 Å². The fourth-order valence-electron chi connectivity index (χ4n) is 1.68. The van der Waals surface area contributed by atoms with Crippen molar-refractivity contribution >= 4 is 44.3 Å². The Balaban J connectivity index is 2.44. The van der Waals surface area contributed by atoms with Gasteiger partial charge in [-0.2, -0.15) is 0 Å². The third kappa shape index (κ3) is 2.86. The quantitative estimate of drug-likeness (QED) is 0.881. The third-order valence-corrected chi connectivity index (χ3v) is 6.16. The zero-order valence-corrected chi connectivity index (χ0v) is 12.6. The maximum absolute atomic E-state index is 12.5. The molecule has 0 spiro atoms. The number of rotatable bonds is 4. The Morgan fingerprint density at radius 1 is 1.21 bits per heavy atom. The van der Waals surface area contributed by atoms with Gasteiger partial charge in [0.15, 0.2) is 0 Å². The molecule has 0 aliphatic heterocycles. The molecule has 1 aromatic carbocycles. The standard InChI is InChI=1S/C12H13ClN2O2S2/c1-2-15(10-5-3-9(14)4-6-10)19(16,17)12-8-7-11(13)18-12/h3-8H,2,14H2,1H3. The summed E-state index contributed by atoms with van der Waals surface area (Å²) in [6.45, 7) is 2.12. The second-order valence-corrected chi connectivity index (χ2v) is 7.62. The van der Waals surface area contributed by atoms with Crippen LogP contribution in [0, 0.1) is 0 Å². The highest BCUT2D eigenvalue weighted by Crippen LogP contribution is 2.30. The zero-order chi connectivity index (χ0) is 14.0. The van der Waals surface area contributed by atoms with Gasteiger partial charge in [0.05, 0.1) is 10.0 Å². The van der Waals surface area contributed by atoms with Crippen LogP contribution in [0.15, 0.2) is 40.6 Å². The molecule has 0 saturated carbocycles. The van der Waals surface area contributed by atoms with Crippen molar-refractivity contribution in [2.75, 3.05) is 16.6 Å². The maximum atomic E-state index is 12.5. The van der Waals surface area contributed by atoms with E-state index in [1.165, 1.54) is 10.4 Å². The van der Waals surface area contributed by atoms with E-state index in [4.69, 9.17) is 17.3 Å². The van der Waals surface area contributed by atoms with Crippen LogP contribution < -0.4 is 10.0 Å². The van der Waals surface area contributed by atoms with E-state index in [0.717, 1.165) is 11.3 Å². The average molecular weight is 317 g/mol. The van der Waals surface area contributed by atoms with Crippen molar-refractivity contribution in [2.45, 2.75) is 11.1 Å². The van der Waals surface area contributed by atoms with Crippen LogP contribution in [0.3, 0.4) is 0 Å². The Bertz CT molecular complexity index is 665. The lowest BCUT2D eigenvalue weighted by molar-refractivity contribution is 0.594. The van der Waals surface area contributed by atoms with Gasteiger partial charge in [-0.05, 0) is 43.3 Å². The summed E-state index contributed by atoms with van der Waals surface area (Å²) in [5.74, 6) is 0. The van der Waals surface area contributed by atoms with Crippen LogP contribution >= 0.6 is 22.9 Å². The molecule has 0 fully saturated rings. The van der Waals surface area contributed by atoms with Gasteiger partial charge in [0.2, 0.25) is 0 Å². The van der Waals surface area contributed by atoms with Gasteiger partial charge in [-0.15, -0.1) is 11.3 Å². The lowest BCUT2D eigenvalue weighted by Gasteiger charge is -2.22. The summed E-state index contributed by atoms with van der Waals surface area (Å²) in [5.41, 5.74) is 6.79. The smallest absolute Gasteiger partial charge is 0.273 e. The number of nitrogen functional groups attached to an aromatic ring is 1. The molecule has 0 unspecified atom stereocenters. The van der Waals surface area contributed by atoms with E-state index in [-0.39, 0.29) is 4.21 Å². The number of hydrogen-bond acceptors (Lipinski definition) is 4. The van der Waals surface area contributed by atoms with Gasteiger partial charge < -0.3 is 5.73 Å². The van der Waals surface area contributed by atoms with Crippen molar-refractivity contribution in [1.29, 1.82) is 0 Å². The highest BCUT2D eigenvalue weighted by molar-refractivity contribution is 7.94. The molecule has 2 rings (SSSR count). The first-order valence-electron chi connectivity index (χ1n) is 5.58. The molecular formula is C12H13ClN2O2S2. The molecule has 0 aliphatic carbocycles. The minimum Gasteiger partial charge on any atom is -0.399 e. The van der Waals surface area contributed by atoms with Crippen molar-refractivity contribution in [3.63, 3.8) is 0 Å². The SMILES string of the molecule is CCN(c1ccc(N)cc1)S(=O)(=O)c1ccc(Cl)s1. The molecule has 0 atom stereocenters. The van der Waals surface area contributed by atoms with Crippen molar-refractivity contribution in [3.8, 4) is 0 Å². The number of hydrogen-bond donors (Lipinski definition) is 1. The molecule has 1 heterocycles. The number of thiophene rings is 1. The number of halogens is 1. The zero-order valence-electron chi connectivity index (χ0n) is 10.2. The molecule has 0 radical (unpaired) electrons. The van der Waals surface area contributed by atoms with E-state index >= 15 is 0 Å². The molecule has 4 nitrogen and oxygen atoms in total. The van der Waals surface area contributed by atoms with Crippen LogP contribution in [0.5, 0.6) is 0 Å². The predicted molar refractivity (Wildman–Crippen MR) is 80.4 cm³/mol. The van der Waals surface area contributed by atoms with E-state index in [2.05, 4.69) is 0 Å². The van der Waals surface area contributed by atoms with Crippen LogP contribution in [0.25, 0.3) is 0 Å². The van der Waals surface area contributed by atoms with Crippen molar-refractivity contribution in [3.05, 3.63) is 40.7 Å².